The molecule has 2 N–H and O–H groups in total. The molecule has 2 aromatic heterocycles. The number of nitrogens with zero attached hydrogens (tertiary/aromatic N) is 4. The van der Waals surface area contributed by atoms with E-state index in [1.165, 1.54) is 23.6 Å². The summed E-state index contributed by atoms with van der Waals surface area (Å²) >= 11 is 6.61. The van der Waals surface area contributed by atoms with Gasteiger partial charge >= 0.3 is 5.69 Å². The van der Waals surface area contributed by atoms with Crippen LogP contribution in [0.2, 0.25) is 5.02 Å². The van der Waals surface area contributed by atoms with E-state index in [0.717, 1.165) is 23.2 Å². The number of rotatable bonds is 5. The molecule has 0 unspecified atom stereocenters. The second kappa shape index (κ2) is 6.43. The number of nitrogens with one attached hydrogen (secondary N) is 1. The molecular formula is C20H16ClN5O2. The zero-order valence-corrected chi connectivity index (χ0v) is 15.6. The number of imidazole rings is 1. The lowest BCUT2D eigenvalue weighted by Gasteiger charge is -2.05. The SMILES string of the molecule is O=c1[nH]cc(O)n1Cc1c#cc(-c2ccc3c(nnn3CC3CC3)c2Cl)cc1. The van der Waals surface area contributed by atoms with Crippen molar-refractivity contribution >= 4 is 22.6 Å². The van der Waals surface area contributed by atoms with Crippen molar-refractivity contribution in [2.24, 2.45) is 5.92 Å². The first-order chi connectivity index (χ1) is 13.6. The number of aromatic hydroxyl groups is 1. The molecule has 140 valence electrons. The minimum atomic E-state index is -0.377. The highest BCUT2D eigenvalue weighted by molar-refractivity contribution is 6.37. The van der Waals surface area contributed by atoms with E-state index in [1.54, 1.807) is 0 Å². The second-order valence-electron chi connectivity index (χ2n) is 7.07. The summed E-state index contributed by atoms with van der Waals surface area (Å²) in [6.45, 7) is 1.08. The van der Waals surface area contributed by atoms with Crippen LogP contribution in [0, 0.1) is 18.1 Å². The van der Waals surface area contributed by atoms with Crippen molar-refractivity contribution in [3.63, 3.8) is 0 Å². The molecule has 1 saturated carbocycles. The molecule has 5 rings (SSSR count). The van der Waals surface area contributed by atoms with Crippen molar-refractivity contribution in [2.75, 3.05) is 0 Å². The predicted molar refractivity (Wildman–Crippen MR) is 104 cm³/mol. The Morgan fingerprint density at radius 1 is 1.25 bits per heavy atom. The summed E-state index contributed by atoms with van der Waals surface area (Å²) in [6.07, 6.45) is 3.75. The van der Waals surface area contributed by atoms with Gasteiger partial charge in [0.05, 0.1) is 23.3 Å². The van der Waals surface area contributed by atoms with E-state index in [1.807, 2.05) is 28.9 Å². The first-order valence-electron chi connectivity index (χ1n) is 9.02. The maximum Gasteiger partial charge on any atom is 0.328 e. The topological polar surface area (TPSA) is 88.7 Å². The van der Waals surface area contributed by atoms with Crippen molar-refractivity contribution in [3.05, 3.63) is 63.7 Å². The summed E-state index contributed by atoms with van der Waals surface area (Å²) < 4.78 is 3.14. The summed E-state index contributed by atoms with van der Waals surface area (Å²) in [4.78, 5) is 14.1. The van der Waals surface area contributed by atoms with Crippen LogP contribution in [0.1, 0.15) is 18.4 Å². The molecule has 0 amide bonds. The van der Waals surface area contributed by atoms with Gasteiger partial charge in [0.25, 0.3) is 0 Å². The van der Waals surface area contributed by atoms with E-state index in [9.17, 15) is 9.90 Å². The Balaban J connectivity index is 1.44. The van der Waals surface area contributed by atoms with E-state index in [0.29, 0.717) is 22.0 Å². The Kier molecular flexibility index (Phi) is 3.88. The average molecular weight is 394 g/mol. The lowest BCUT2D eigenvalue weighted by molar-refractivity contribution is 0.421. The molecule has 0 saturated heterocycles. The average Bonchev–Trinajstić information content (AvgIpc) is 3.35. The highest BCUT2D eigenvalue weighted by Gasteiger charge is 2.23. The number of aromatic nitrogens is 5. The fraction of sp³-hybridized carbons (Fsp3) is 0.250. The number of hydrogen-bond donors (Lipinski definition) is 2. The number of H-pyrrole nitrogens is 1. The van der Waals surface area contributed by atoms with Gasteiger partial charge < -0.3 is 10.1 Å². The van der Waals surface area contributed by atoms with Crippen molar-refractivity contribution < 1.29 is 5.11 Å². The Labute approximate surface area is 165 Å². The molecule has 28 heavy (non-hydrogen) atoms. The summed E-state index contributed by atoms with van der Waals surface area (Å²) in [5.74, 6) is 0.580. The van der Waals surface area contributed by atoms with Crippen molar-refractivity contribution in [3.8, 4) is 17.0 Å². The fourth-order valence-electron chi connectivity index (χ4n) is 3.27. The van der Waals surface area contributed by atoms with Crippen LogP contribution in [-0.2, 0) is 13.1 Å². The van der Waals surface area contributed by atoms with E-state index in [-0.39, 0.29) is 18.1 Å². The van der Waals surface area contributed by atoms with E-state index >= 15 is 0 Å². The van der Waals surface area contributed by atoms with Crippen LogP contribution >= 0.6 is 11.6 Å². The zero-order chi connectivity index (χ0) is 19.3. The third-order valence-electron chi connectivity index (χ3n) is 5.03. The molecule has 4 aromatic rings. The molecule has 8 heteroatoms. The van der Waals surface area contributed by atoms with Gasteiger partial charge in [0, 0.05) is 23.2 Å². The second-order valence-corrected chi connectivity index (χ2v) is 7.45. The van der Waals surface area contributed by atoms with Gasteiger partial charge in [-0.05, 0) is 43.0 Å². The molecule has 1 aliphatic carbocycles. The molecule has 1 aliphatic rings. The van der Waals surface area contributed by atoms with Gasteiger partial charge in [0.1, 0.15) is 5.52 Å². The van der Waals surface area contributed by atoms with Crippen LogP contribution in [0.25, 0.3) is 22.2 Å². The van der Waals surface area contributed by atoms with Crippen LogP contribution in [0.5, 0.6) is 5.88 Å². The molecule has 1 fully saturated rings. The van der Waals surface area contributed by atoms with Crippen LogP contribution in [0.3, 0.4) is 0 Å². The van der Waals surface area contributed by atoms with Gasteiger partial charge in [0.15, 0.2) is 0 Å². The van der Waals surface area contributed by atoms with Gasteiger partial charge in [-0.2, -0.15) is 0 Å². The van der Waals surface area contributed by atoms with Gasteiger partial charge in [-0.3, -0.25) is 4.57 Å². The van der Waals surface area contributed by atoms with Crippen molar-refractivity contribution in [2.45, 2.75) is 25.9 Å². The molecule has 0 bridgehead atoms. The lowest BCUT2D eigenvalue weighted by atomic mass is 10.1. The minimum Gasteiger partial charge on any atom is -0.493 e. The maximum absolute atomic E-state index is 11.7. The highest BCUT2D eigenvalue weighted by atomic mass is 35.5. The molecule has 2 aromatic carbocycles. The summed E-state index contributed by atoms with van der Waals surface area (Å²) in [5, 5.41) is 18.7. The molecule has 7 nitrogen and oxygen atoms in total. The molecule has 0 spiro atoms. The normalized spacial score (nSPS) is 13.8. The maximum atomic E-state index is 11.7. The van der Waals surface area contributed by atoms with Crippen LogP contribution in [0.15, 0.2) is 35.3 Å². The molecule has 2 heterocycles. The van der Waals surface area contributed by atoms with Crippen LogP contribution in [-0.4, -0.2) is 29.7 Å². The highest BCUT2D eigenvalue weighted by Crippen LogP contribution is 2.35. The molecule has 0 radical (unpaired) electrons. The predicted octanol–water partition coefficient (Wildman–Crippen LogP) is 3.01. The van der Waals surface area contributed by atoms with Gasteiger partial charge in [-0.25, -0.2) is 9.48 Å². The van der Waals surface area contributed by atoms with Gasteiger partial charge in [-0.15, -0.1) is 5.10 Å². The summed E-state index contributed by atoms with van der Waals surface area (Å²) in [6, 6.07) is 13.7. The van der Waals surface area contributed by atoms with Gasteiger partial charge in [0.2, 0.25) is 5.88 Å². The van der Waals surface area contributed by atoms with Gasteiger partial charge in [-0.1, -0.05) is 28.9 Å². The third kappa shape index (κ3) is 2.92. The van der Waals surface area contributed by atoms with Crippen molar-refractivity contribution in [1.82, 2.24) is 24.5 Å². The lowest BCUT2D eigenvalue weighted by Crippen LogP contribution is -2.16. The monoisotopic (exact) mass is 393 g/mol. The molecular weight excluding hydrogens is 378 g/mol. The Hall–Kier alpha value is -3.24. The first kappa shape index (κ1) is 16.9. The van der Waals surface area contributed by atoms with E-state index in [4.69, 9.17) is 11.6 Å². The number of hydrogen-bond acceptors (Lipinski definition) is 4. The van der Waals surface area contributed by atoms with Crippen LogP contribution < -0.4 is 5.69 Å². The number of fused-ring (bicyclic) bond motifs is 1. The molecule has 0 atom stereocenters. The van der Waals surface area contributed by atoms with Crippen molar-refractivity contribution in [1.29, 1.82) is 0 Å². The fourth-order valence-corrected chi connectivity index (χ4v) is 3.57. The molecule has 0 aliphatic heterocycles. The minimum absolute atomic E-state index is 0.120. The third-order valence-corrected chi connectivity index (χ3v) is 5.41. The summed E-state index contributed by atoms with van der Waals surface area (Å²) in [7, 11) is 0. The quantitative estimate of drug-likeness (QED) is 0.545. The smallest absolute Gasteiger partial charge is 0.328 e. The first-order valence-corrected chi connectivity index (χ1v) is 9.40. The Bertz CT molecular complexity index is 1220. The zero-order valence-electron chi connectivity index (χ0n) is 14.8. The number of halogens is 1. The summed E-state index contributed by atoms with van der Waals surface area (Å²) in [5.41, 5.74) is 3.53. The number of aromatic amines is 1. The van der Waals surface area contributed by atoms with E-state index < -0.39 is 0 Å². The largest absolute Gasteiger partial charge is 0.493 e. The number of benzene rings is 1. The Morgan fingerprint density at radius 2 is 2.11 bits per heavy atom. The van der Waals surface area contributed by atoms with E-state index in [2.05, 4.69) is 27.4 Å². The Morgan fingerprint density at radius 3 is 2.79 bits per heavy atom. The standard InChI is InChI=1S/C20H16ClN5O2/c21-18-15(7-8-16-19(18)23-24-26(16)11-13-1-2-13)14-5-3-12(4-6-14)10-25-17(27)9-22-20(25)28/h3,5,7-9,13,27H,1-2,10-11H2,(H,22,28). The van der Waals surface area contributed by atoms with Crippen LogP contribution in [0.4, 0.5) is 0 Å².